The molecule has 0 bridgehead atoms. The van der Waals surface area contributed by atoms with Crippen LogP contribution < -0.4 is 20.3 Å². The molecule has 3 aliphatic heterocycles. The van der Waals surface area contributed by atoms with Crippen molar-refractivity contribution in [2.24, 2.45) is 0 Å². The first-order chi connectivity index (χ1) is 16.2. The van der Waals surface area contributed by atoms with Gasteiger partial charge in [-0.2, -0.15) is 5.10 Å². The fraction of sp³-hybridized carbons (Fsp3) is 0.435. The third kappa shape index (κ3) is 3.84. The Balaban J connectivity index is 1.06. The third-order valence-corrected chi connectivity index (χ3v) is 6.32. The van der Waals surface area contributed by atoms with Crippen LogP contribution in [0, 0.1) is 5.82 Å². The molecule has 0 spiro atoms. The highest BCUT2D eigenvalue weighted by atomic mass is 19.1. The molecular formula is C23H23FN4O5. The summed E-state index contributed by atoms with van der Waals surface area (Å²) in [4.78, 5) is 12.3. The second-order valence-electron chi connectivity index (χ2n) is 8.49. The number of benzene rings is 1. The Morgan fingerprint density at radius 2 is 1.91 bits per heavy atom. The lowest BCUT2D eigenvalue weighted by atomic mass is 9.95. The largest absolute Gasteiger partial charge is 0.484 e. The van der Waals surface area contributed by atoms with Crippen molar-refractivity contribution in [2.75, 3.05) is 26.4 Å². The molecule has 5 heterocycles. The molecule has 0 amide bonds. The van der Waals surface area contributed by atoms with Crippen LogP contribution in [0.15, 0.2) is 35.1 Å². The zero-order chi connectivity index (χ0) is 22.4. The molecule has 172 valence electrons. The quantitative estimate of drug-likeness (QED) is 0.623. The number of rotatable bonds is 5. The molecule has 1 aromatic carbocycles. The summed E-state index contributed by atoms with van der Waals surface area (Å²) < 4.78 is 39.1. The van der Waals surface area contributed by atoms with Crippen LogP contribution in [0.4, 0.5) is 4.39 Å². The summed E-state index contributed by atoms with van der Waals surface area (Å²) in [6, 6.07) is 8.25. The number of nitrogens with one attached hydrogen (secondary N) is 1. The molecule has 10 heteroatoms. The van der Waals surface area contributed by atoms with E-state index in [0.29, 0.717) is 68.6 Å². The Morgan fingerprint density at radius 1 is 1.09 bits per heavy atom. The molecule has 3 aromatic rings. The Labute approximate surface area is 188 Å². The fourth-order valence-electron chi connectivity index (χ4n) is 4.73. The maximum absolute atomic E-state index is 14.7. The molecule has 1 saturated heterocycles. The minimum absolute atomic E-state index is 0.0141. The van der Waals surface area contributed by atoms with Gasteiger partial charge in [-0.05, 0) is 23.6 Å². The minimum Gasteiger partial charge on any atom is -0.484 e. The third-order valence-electron chi connectivity index (χ3n) is 6.32. The second kappa shape index (κ2) is 8.36. The van der Waals surface area contributed by atoms with Crippen molar-refractivity contribution < 1.29 is 23.3 Å². The fourth-order valence-corrected chi connectivity index (χ4v) is 4.73. The highest BCUT2D eigenvalue weighted by Gasteiger charge is 2.33. The van der Waals surface area contributed by atoms with Crippen molar-refractivity contribution >= 4 is 10.9 Å². The van der Waals surface area contributed by atoms with Gasteiger partial charge in [-0.15, -0.1) is 5.10 Å². The molecule has 0 aliphatic carbocycles. The average Bonchev–Trinajstić information content (AvgIpc) is 3.23. The van der Waals surface area contributed by atoms with Gasteiger partial charge in [0.25, 0.3) is 11.4 Å². The van der Waals surface area contributed by atoms with E-state index in [9.17, 15) is 9.18 Å². The lowest BCUT2D eigenvalue weighted by molar-refractivity contribution is -0.194. The van der Waals surface area contributed by atoms with Gasteiger partial charge in [-0.1, -0.05) is 0 Å². The van der Waals surface area contributed by atoms with E-state index in [1.165, 1.54) is 12.1 Å². The lowest BCUT2D eigenvalue weighted by Gasteiger charge is -2.31. The van der Waals surface area contributed by atoms with E-state index < -0.39 is 6.29 Å². The van der Waals surface area contributed by atoms with Crippen molar-refractivity contribution in [1.82, 2.24) is 20.1 Å². The highest BCUT2D eigenvalue weighted by molar-refractivity contribution is 5.84. The highest BCUT2D eigenvalue weighted by Crippen LogP contribution is 2.38. The number of hydrogen-bond acceptors (Lipinski definition) is 8. The second-order valence-corrected chi connectivity index (χ2v) is 8.49. The summed E-state index contributed by atoms with van der Waals surface area (Å²) in [5.74, 6) is 0.551. The maximum atomic E-state index is 14.7. The summed E-state index contributed by atoms with van der Waals surface area (Å²) >= 11 is 0. The van der Waals surface area contributed by atoms with Crippen molar-refractivity contribution in [3.8, 4) is 11.6 Å². The number of ether oxygens (including phenoxy) is 4. The smallest absolute Gasteiger partial charge is 0.276 e. The molecule has 2 aromatic heterocycles. The topological polar surface area (TPSA) is 96.7 Å². The monoisotopic (exact) mass is 454 g/mol. The van der Waals surface area contributed by atoms with Crippen molar-refractivity contribution in [2.45, 2.75) is 37.8 Å². The van der Waals surface area contributed by atoms with E-state index in [0.717, 1.165) is 11.1 Å². The van der Waals surface area contributed by atoms with Crippen LogP contribution in [0.1, 0.15) is 23.6 Å². The van der Waals surface area contributed by atoms with Gasteiger partial charge in [0.2, 0.25) is 0 Å². The van der Waals surface area contributed by atoms with Gasteiger partial charge in [0, 0.05) is 43.1 Å². The maximum Gasteiger partial charge on any atom is 0.276 e. The van der Waals surface area contributed by atoms with Crippen molar-refractivity contribution in [3.05, 3.63) is 57.8 Å². The van der Waals surface area contributed by atoms with Crippen LogP contribution in [0.2, 0.25) is 0 Å². The van der Waals surface area contributed by atoms with Crippen LogP contribution in [-0.2, 0) is 22.6 Å². The number of pyridine rings is 1. The zero-order valence-corrected chi connectivity index (χ0v) is 17.8. The molecule has 1 unspecified atom stereocenters. The first kappa shape index (κ1) is 20.5. The summed E-state index contributed by atoms with van der Waals surface area (Å²) in [5, 5.41) is 12.4. The van der Waals surface area contributed by atoms with Gasteiger partial charge in [0.15, 0.2) is 12.0 Å². The van der Waals surface area contributed by atoms with Gasteiger partial charge in [-0.25, -0.2) is 4.39 Å². The number of hydrogen-bond donors (Lipinski definition) is 1. The van der Waals surface area contributed by atoms with E-state index in [2.05, 4.69) is 15.5 Å². The van der Waals surface area contributed by atoms with Gasteiger partial charge < -0.3 is 28.8 Å². The van der Waals surface area contributed by atoms with E-state index in [4.69, 9.17) is 18.9 Å². The molecule has 1 N–H and O–H groups in total. The van der Waals surface area contributed by atoms with E-state index >= 15 is 0 Å². The van der Waals surface area contributed by atoms with E-state index in [1.54, 1.807) is 16.7 Å². The Morgan fingerprint density at radius 3 is 2.79 bits per heavy atom. The molecule has 33 heavy (non-hydrogen) atoms. The van der Waals surface area contributed by atoms with Crippen molar-refractivity contribution in [1.29, 1.82) is 0 Å². The minimum atomic E-state index is -0.457. The van der Waals surface area contributed by atoms with Crippen LogP contribution >= 0.6 is 0 Å². The van der Waals surface area contributed by atoms with Gasteiger partial charge >= 0.3 is 0 Å². The predicted octanol–water partition coefficient (Wildman–Crippen LogP) is 1.72. The van der Waals surface area contributed by atoms with Crippen LogP contribution in [0.3, 0.4) is 0 Å². The Kier molecular flexibility index (Phi) is 5.20. The normalized spacial score (nSPS) is 23.7. The van der Waals surface area contributed by atoms with Gasteiger partial charge in [0.05, 0.1) is 30.5 Å². The van der Waals surface area contributed by atoms with Crippen LogP contribution in [0.25, 0.3) is 10.9 Å². The average molecular weight is 454 g/mol. The van der Waals surface area contributed by atoms with E-state index in [1.807, 2.05) is 6.07 Å². The molecule has 0 saturated carbocycles. The summed E-state index contributed by atoms with van der Waals surface area (Å²) in [5.41, 5.74) is 1.88. The first-order valence-corrected chi connectivity index (χ1v) is 11.1. The molecule has 6 rings (SSSR count). The van der Waals surface area contributed by atoms with Crippen molar-refractivity contribution in [3.63, 3.8) is 0 Å². The standard InChI is InChI=1S/C23H23FN4O5/c24-17-3-1-13-2-4-19(29)28-10-14(21(17)22(13)28)7-20-32-11-16(12-33-20)25-9-15-8-18-23(27-26-15)31-6-5-30-18/h1-4,8,14,16,20,25H,5-7,9-12H2. The first-order valence-electron chi connectivity index (χ1n) is 11.1. The van der Waals surface area contributed by atoms with Crippen LogP contribution in [0.5, 0.6) is 11.6 Å². The number of halogens is 1. The van der Waals surface area contributed by atoms with Crippen LogP contribution in [-0.4, -0.2) is 53.5 Å². The molecule has 0 radical (unpaired) electrons. The Hall–Kier alpha value is -3.08. The number of fused-ring (bicyclic) bond motifs is 1. The molecule has 9 nitrogen and oxygen atoms in total. The Bertz CT molecular complexity index is 1260. The number of aromatic nitrogens is 3. The van der Waals surface area contributed by atoms with E-state index in [-0.39, 0.29) is 23.3 Å². The lowest BCUT2D eigenvalue weighted by Crippen LogP contribution is -2.44. The SMILES string of the molecule is O=c1ccc2ccc(F)c3c2n1CC3CC1OCC(NCc2cc3c(nn2)OCCO3)CO1. The molecule has 1 fully saturated rings. The molecule has 1 atom stereocenters. The van der Waals surface area contributed by atoms with Gasteiger partial charge in [0.1, 0.15) is 19.0 Å². The summed E-state index contributed by atoms with van der Waals surface area (Å²) in [6.07, 6.45) is 0.0270. The summed E-state index contributed by atoms with van der Waals surface area (Å²) in [6.45, 7) is 2.79. The predicted molar refractivity (Wildman–Crippen MR) is 115 cm³/mol. The molecule has 3 aliphatic rings. The number of nitrogens with zero attached hydrogens (tertiary/aromatic N) is 3. The molecular weight excluding hydrogens is 431 g/mol. The van der Waals surface area contributed by atoms with Gasteiger partial charge in [-0.3, -0.25) is 4.79 Å². The summed E-state index contributed by atoms with van der Waals surface area (Å²) in [7, 11) is 0. The zero-order valence-electron chi connectivity index (χ0n) is 17.8.